The third kappa shape index (κ3) is 2.69. The van der Waals surface area contributed by atoms with Crippen LogP contribution in [0.3, 0.4) is 0 Å². The van der Waals surface area contributed by atoms with Crippen molar-refractivity contribution >= 4 is 17.5 Å². The van der Waals surface area contributed by atoms with Gasteiger partial charge in [0.2, 0.25) is 5.91 Å². The Bertz CT molecular complexity index is 893. The van der Waals surface area contributed by atoms with Gasteiger partial charge in [-0.25, -0.2) is 5.48 Å². The van der Waals surface area contributed by atoms with E-state index in [1.807, 2.05) is 42.2 Å². The summed E-state index contributed by atoms with van der Waals surface area (Å²) in [4.78, 5) is 26.8. The van der Waals surface area contributed by atoms with Crippen LogP contribution in [0, 0.1) is 12.3 Å². The first-order chi connectivity index (χ1) is 12.5. The quantitative estimate of drug-likeness (QED) is 0.646. The van der Waals surface area contributed by atoms with Crippen molar-refractivity contribution in [3.63, 3.8) is 0 Å². The number of nitrogens with zero attached hydrogens (tertiary/aromatic N) is 1. The Hall–Kier alpha value is -2.66. The van der Waals surface area contributed by atoms with Gasteiger partial charge in [-0.2, -0.15) is 0 Å². The molecule has 2 aliphatic rings. The van der Waals surface area contributed by atoms with E-state index in [-0.39, 0.29) is 11.3 Å². The van der Waals surface area contributed by atoms with Gasteiger partial charge < -0.3 is 4.90 Å². The van der Waals surface area contributed by atoms with Crippen molar-refractivity contribution in [3.05, 3.63) is 64.7 Å². The second kappa shape index (κ2) is 6.25. The monoisotopic (exact) mass is 350 g/mol. The molecule has 1 aliphatic heterocycles. The molecule has 4 rings (SSSR count). The summed E-state index contributed by atoms with van der Waals surface area (Å²) in [6.45, 7) is 2.79. The van der Waals surface area contributed by atoms with E-state index in [0.29, 0.717) is 12.0 Å². The second-order valence-electron chi connectivity index (χ2n) is 7.43. The number of carbonyl (C=O) groups excluding carboxylic acids is 2. The zero-order chi connectivity index (χ0) is 18.3. The first kappa shape index (κ1) is 16.8. The minimum Gasteiger partial charge on any atom is -0.312 e. The summed E-state index contributed by atoms with van der Waals surface area (Å²) in [6, 6.07) is 13.5. The number of rotatable bonds is 2. The zero-order valence-electron chi connectivity index (χ0n) is 14.8. The van der Waals surface area contributed by atoms with Crippen molar-refractivity contribution in [2.24, 2.45) is 5.41 Å². The van der Waals surface area contributed by atoms with Crippen molar-refractivity contribution in [2.75, 3.05) is 11.4 Å². The van der Waals surface area contributed by atoms with Crippen molar-refractivity contribution in [2.45, 2.75) is 32.6 Å². The van der Waals surface area contributed by atoms with Crippen LogP contribution in [0.5, 0.6) is 0 Å². The van der Waals surface area contributed by atoms with Gasteiger partial charge in [0.1, 0.15) is 0 Å². The maximum Gasteiger partial charge on any atom is 0.274 e. The standard InChI is InChI=1S/C21H22N2O3/c1-14-3-2-4-18(11-14)23-10-9-21(20(23)25)8-7-15-12-16(19(24)22-26)5-6-17(15)13-21/h2-6,11-12,26H,7-10,13H2,1H3,(H,22,24)/t21-/m1/s1. The average Bonchev–Trinajstić information content (AvgIpc) is 2.96. The van der Waals surface area contributed by atoms with Crippen LogP contribution in [0.2, 0.25) is 0 Å². The lowest BCUT2D eigenvalue weighted by molar-refractivity contribution is -0.126. The molecular weight excluding hydrogens is 328 g/mol. The fraction of sp³-hybridized carbons (Fsp3) is 0.333. The molecule has 1 heterocycles. The number of hydroxylamine groups is 1. The van der Waals surface area contributed by atoms with Gasteiger partial charge >= 0.3 is 0 Å². The van der Waals surface area contributed by atoms with E-state index in [1.54, 1.807) is 11.5 Å². The number of nitrogens with one attached hydrogen (secondary N) is 1. The Morgan fingerprint density at radius 1 is 1.15 bits per heavy atom. The van der Waals surface area contributed by atoms with Crippen molar-refractivity contribution in [1.82, 2.24) is 5.48 Å². The van der Waals surface area contributed by atoms with Gasteiger partial charge in [-0.05, 0) is 73.6 Å². The van der Waals surface area contributed by atoms with Crippen molar-refractivity contribution < 1.29 is 14.8 Å². The van der Waals surface area contributed by atoms with Crippen LogP contribution < -0.4 is 10.4 Å². The van der Waals surface area contributed by atoms with Crippen LogP contribution in [-0.4, -0.2) is 23.6 Å². The Morgan fingerprint density at radius 3 is 2.77 bits per heavy atom. The molecule has 1 spiro atoms. The highest BCUT2D eigenvalue weighted by Gasteiger charge is 2.48. The highest BCUT2D eigenvalue weighted by molar-refractivity contribution is 6.00. The Morgan fingerprint density at radius 2 is 2.00 bits per heavy atom. The van der Waals surface area contributed by atoms with Crippen molar-refractivity contribution in [1.29, 1.82) is 0 Å². The molecule has 2 aromatic carbocycles. The van der Waals surface area contributed by atoms with Crippen LogP contribution in [0.4, 0.5) is 5.69 Å². The van der Waals surface area contributed by atoms with E-state index >= 15 is 0 Å². The predicted molar refractivity (Wildman–Crippen MR) is 98.3 cm³/mol. The summed E-state index contributed by atoms with van der Waals surface area (Å²) < 4.78 is 0. The fourth-order valence-electron chi connectivity index (χ4n) is 4.32. The molecule has 1 aliphatic carbocycles. The molecule has 0 saturated carbocycles. The SMILES string of the molecule is Cc1cccc(N2CC[C@@]3(CCc4cc(C(=O)NO)ccc4C3)C2=O)c1. The lowest BCUT2D eigenvalue weighted by atomic mass is 9.70. The molecule has 5 heteroatoms. The number of hydrogen-bond donors (Lipinski definition) is 2. The number of amides is 2. The maximum atomic E-state index is 13.3. The second-order valence-corrected chi connectivity index (χ2v) is 7.43. The van der Waals surface area contributed by atoms with Gasteiger partial charge in [0, 0.05) is 17.8 Å². The normalized spacial score (nSPS) is 21.8. The zero-order valence-corrected chi connectivity index (χ0v) is 14.8. The minimum absolute atomic E-state index is 0.214. The first-order valence-corrected chi connectivity index (χ1v) is 8.97. The number of fused-ring (bicyclic) bond motifs is 1. The lowest BCUT2D eigenvalue weighted by Crippen LogP contribution is -2.38. The molecule has 2 N–H and O–H groups in total. The molecule has 26 heavy (non-hydrogen) atoms. The summed E-state index contributed by atoms with van der Waals surface area (Å²) in [5, 5.41) is 8.80. The molecule has 0 aromatic heterocycles. The molecule has 134 valence electrons. The Kier molecular flexibility index (Phi) is 4.04. The van der Waals surface area contributed by atoms with Gasteiger partial charge in [-0.1, -0.05) is 18.2 Å². The van der Waals surface area contributed by atoms with E-state index in [9.17, 15) is 9.59 Å². The van der Waals surface area contributed by atoms with E-state index in [0.717, 1.165) is 48.2 Å². The van der Waals surface area contributed by atoms with E-state index < -0.39 is 5.91 Å². The summed E-state index contributed by atoms with van der Waals surface area (Å²) in [5.41, 5.74) is 6.14. The van der Waals surface area contributed by atoms with Crippen LogP contribution in [0.15, 0.2) is 42.5 Å². The molecule has 1 fully saturated rings. The molecule has 2 amide bonds. The third-order valence-corrected chi connectivity index (χ3v) is 5.80. The summed E-state index contributed by atoms with van der Waals surface area (Å²) in [5.74, 6) is -0.290. The van der Waals surface area contributed by atoms with Gasteiger partial charge in [-0.3, -0.25) is 14.8 Å². The predicted octanol–water partition coefficient (Wildman–Crippen LogP) is 3.03. The van der Waals surface area contributed by atoms with Gasteiger partial charge in [0.15, 0.2) is 0 Å². The summed E-state index contributed by atoms with van der Waals surface area (Å²) >= 11 is 0. The third-order valence-electron chi connectivity index (χ3n) is 5.80. The van der Waals surface area contributed by atoms with Gasteiger partial charge in [-0.15, -0.1) is 0 Å². The fourth-order valence-corrected chi connectivity index (χ4v) is 4.32. The molecular formula is C21H22N2O3. The topological polar surface area (TPSA) is 69.6 Å². The number of anilines is 1. The molecule has 2 aromatic rings. The van der Waals surface area contributed by atoms with Crippen LogP contribution >= 0.6 is 0 Å². The molecule has 0 unspecified atom stereocenters. The van der Waals surface area contributed by atoms with Crippen LogP contribution in [-0.2, 0) is 17.6 Å². The lowest BCUT2D eigenvalue weighted by Gasteiger charge is -2.33. The number of carbonyl (C=O) groups is 2. The largest absolute Gasteiger partial charge is 0.312 e. The van der Waals surface area contributed by atoms with Crippen molar-refractivity contribution in [3.8, 4) is 0 Å². The molecule has 1 saturated heterocycles. The molecule has 1 atom stereocenters. The Labute approximate surface area is 152 Å². The van der Waals surface area contributed by atoms with Gasteiger partial charge in [0.05, 0.1) is 5.41 Å². The van der Waals surface area contributed by atoms with E-state index in [4.69, 9.17) is 5.21 Å². The Balaban J connectivity index is 1.60. The molecule has 0 bridgehead atoms. The van der Waals surface area contributed by atoms with E-state index in [2.05, 4.69) is 6.07 Å². The molecule has 5 nitrogen and oxygen atoms in total. The smallest absolute Gasteiger partial charge is 0.274 e. The highest BCUT2D eigenvalue weighted by atomic mass is 16.5. The number of hydrogen-bond acceptors (Lipinski definition) is 3. The number of aryl methyl sites for hydroxylation is 2. The van der Waals surface area contributed by atoms with Crippen LogP contribution in [0.1, 0.15) is 39.9 Å². The summed E-state index contributed by atoms with van der Waals surface area (Å²) in [6.07, 6.45) is 3.14. The molecule has 0 radical (unpaired) electrons. The maximum absolute atomic E-state index is 13.3. The van der Waals surface area contributed by atoms with E-state index in [1.165, 1.54) is 0 Å². The highest BCUT2D eigenvalue weighted by Crippen LogP contribution is 2.45. The first-order valence-electron chi connectivity index (χ1n) is 8.97. The summed E-state index contributed by atoms with van der Waals surface area (Å²) in [7, 11) is 0. The number of benzene rings is 2. The average molecular weight is 350 g/mol. The minimum atomic E-state index is -0.504. The van der Waals surface area contributed by atoms with Crippen LogP contribution in [0.25, 0.3) is 0 Å². The van der Waals surface area contributed by atoms with Gasteiger partial charge in [0.25, 0.3) is 5.91 Å².